The van der Waals surface area contributed by atoms with Crippen molar-refractivity contribution in [1.29, 1.82) is 0 Å². The second-order valence-electron chi connectivity index (χ2n) is 6.01. The van der Waals surface area contributed by atoms with E-state index in [0.29, 0.717) is 11.0 Å². The van der Waals surface area contributed by atoms with Crippen LogP contribution in [0.5, 0.6) is 0 Å². The summed E-state index contributed by atoms with van der Waals surface area (Å²) in [5.74, 6) is -2.21. The maximum Gasteiger partial charge on any atom is 0.492 e. The third-order valence-electron chi connectivity index (χ3n) is 3.91. The van der Waals surface area contributed by atoms with Crippen molar-refractivity contribution in [3.05, 3.63) is 35.1 Å². The van der Waals surface area contributed by atoms with Gasteiger partial charge in [-0.1, -0.05) is 6.08 Å². The summed E-state index contributed by atoms with van der Waals surface area (Å²) in [6.45, 7) is 7.24. The predicted octanol–water partition coefficient (Wildman–Crippen LogP) is 2.37. The van der Waals surface area contributed by atoms with Gasteiger partial charge in [0.25, 0.3) is 0 Å². The second kappa shape index (κ2) is 5.48. The highest BCUT2D eigenvalue weighted by Gasteiger charge is 2.52. The standard InChI is InChI=1S/C14H18BF2NO3/c1-13(2)14(3,4)21-15(20-13)10(8-19)5-9-6-11(16)12(17)18-7-9/h5-7,19H,8H2,1-4H3. The van der Waals surface area contributed by atoms with Crippen LogP contribution in [0.15, 0.2) is 17.7 Å². The Kier molecular flexibility index (Phi) is 4.19. The molecule has 0 unspecified atom stereocenters. The number of pyridine rings is 1. The molecule has 1 saturated heterocycles. The number of aliphatic hydroxyl groups is 1. The Morgan fingerprint density at radius 2 is 1.86 bits per heavy atom. The molecule has 0 atom stereocenters. The van der Waals surface area contributed by atoms with E-state index in [9.17, 15) is 13.9 Å². The number of rotatable bonds is 3. The van der Waals surface area contributed by atoms with Gasteiger partial charge < -0.3 is 14.4 Å². The molecule has 1 aromatic rings. The van der Waals surface area contributed by atoms with Crippen molar-refractivity contribution in [1.82, 2.24) is 4.98 Å². The fourth-order valence-electron chi connectivity index (χ4n) is 1.91. The van der Waals surface area contributed by atoms with Crippen LogP contribution in [-0.2, 0) is 9.31 Å². The van der Waals surface area contributed by atoms with E-state index in [1.165, 1.54) is 12.3 Å². The van der Waals surface area contributed by atoms with E-state index in [-0.39, 0.29) is 6.61 Å². The molecule has 114 valence electrons. The molecule has 1 aliphatic heterocycles. The van der Waals surface area contributed by atoms with E-state index in [0.717, 1.165) is 6.07 Å². The Bertz CT molecular complexity index is 559. The van der Waals surface area contributed by atoms with E-state index in [4.69, 9.17) is 9.31 Å². The van der Waals surface area contributed by atoms with Crippen LogP contribution in [0.4, 0.5) is 8.78 Å². The van der Waals surface area contributed by atoms with Crippen molar-refractivity contribution < 1.29 is 23.2 Å². The molecule has 0 aromatic carbocycles. The Morgan fingerprint density at radius 3 is 2.33 bits per heavy atom. The van der Waals surface area contributed by atoms with E-state index in [2.05, 4.69) is 4.98 Å². The molecular weight excluding hydrogens is 279 g/mol. The van der Waals surface area contributed by atoms with Gasteiger partial charge in [-0.25, -0.2) is 9.37 Å². The predicted molar refractivity (Wildman–Crippen MR) is 75.3 cm³/mol. The minimum absolute atomic E-state index is 0.324. The Balaban J connectivity index is 2.28. The summed E-state index contributed by atoms with van der Waals surface area (Å²) >= 11 is 0. The van der Waals surface area contributed by atoms with Gasteiger partial charge in [-0.05, 0) is 44.8 Å². The minimum atomic E-state index is -1.16. The van der Waals surface area contributed by atoms with Crippen LogP contribution >= 0.6 is 0 Å². The topological polar surface area (TPSA) is 51.6 Å². The third kappa shape index (κ3) is 3.15. The van der Waals surface area contributed by atoms with Crippen molar-refractivity contribution in [2.45, 2.75) is 38.9 Å². The van der Waals surface area contributed by atoms with Crippen LogP contribution in [0.2, 0.25) is 0 Å². The lowest BCUT2D eigenvalue weighted by Gasteiger charge is -2.32. The number of aromatic nitrogens is 1. The maximum atomic E-state index is 13.2. The van der Waals surface area contributed by atoms with Gasteiger partial charge in [0, 0.05) is 6.20 Å². The molecule has 0 bridgehead atoms. The van der Waals surface area contributed by atoms with Gasteiger partial charge >= 0.3 is 7.12 Å². The molecule has 2 rings (SSSR count). The van der Waals surface area contributed by atoms with Gasteiger partial charge in [-0.15, -0.1) is 0 Å². The largest absolute Gasteiger partial charge is 0.492 e. The highest BCUT2D eigenvalue weighted by atomic mass is 19.2. The molecule has 7 heteroatoms. The first-order valence-electron chi connectivity index (χ1n) is 6.64. The van der Waals surface area contributed by atoms with Gasteiger partial charge in [0.2, 0.25) is 5.95 Å². The van der Waals surface area contributed by atoms with Gasteiger partial charge in [-0.3, -0.25) is 0 Å². The number of halogens is 2. The van der Waals surface area contributed by atoms with E-state index in [1.54, 1.807) is 0 Å². The Morgan fingerprint density at radius 1 is 1.29 bits per heavy atom. The summed E-state index contributed by atoms with van der Waals surface area (Å²) in [5, 5.41) is 9.50. The highest BCUT2D eigenvalue weighted by Crippen LogP contribution is 2.38. The molecule has 1 aromatic heterocycles. The van der Waals surface area contributed by atoms with Gasteiger partial charge in [0.15, 0.2) is 5.82 Å². The molecule has 0 amide bonds. The summed E-state index contributed by atoms with van der Waals surface area (Å²) < 4.78 is 37.6. The monoisotopic (exact) mass is 297 g/mol. The minimum Gasteiger partial charge on any atom is -0.400 e. The zero-order valence-corrected chi connectivity index (χ0v) is 12.5. The molecule has 1 N–H and O–H groups in total. The second-order valence-corrected chi connectivity index (χ2v) is 6.01. The fourth-order valence-corrected chi connectivity index (χ4v) is 1.91. The van der Waals surface area contributed by atoms with E-state index in [1.807, 2.05) is 27.7 Å². The summed E-state index contributed by atoms with van der Waals surface area (Å²) in [5.41, 5.74) is -0.342. The fraction of sp³-hybridized carbons (Fsp3) is 0.500. The summed E-state index contributed by atoms with van der Waals surface area (Å²) in [7, 11) is -0.742. The van der Waals surface area contributed by atoms with Crippen LogP contribution in [0.1, 0.15) is 33.3 Å². The van der Waals surface area contributed by atoms with Crippen LogP contribution in [0.25, 0.3) is 6.08 Å². The van der Waals surface area contributed by atoms with Crippen molar-refractivity contribution in [2.75, 3.05) is 6.61 Å². The van der Waals surface area contributed by atoms with Gasteiger partial charge in [0.1, 0.15) is 0 Å². The summed E-state index contributed by atoms with van der Waals surface area (Å²) in [6.07, 6.45) is 2.66. The Hall–Kier alpha value is -1.31. The number of hydrogen-bond acceptors (Lipinski definition) is 4. The molecule has 0 aliphatic carbocycles. The lowest BCUT2D eigenvalue weighted by Crippen LogP contribution is -2.41. The SMILES string of the molecule is CC1(C)OB(C(=Cc2cnc(F)c(F)c2)CO)OC1(C)C. The first-order valence-corrected chi connectivity index (χ1v) is 6.64. The van der Waals surface area contributed by atoms with Crippen molar-refractivity contribution in [3.8, 4) is 0 Å². The molecule has 0 saturated carbocycles. The van der Waals surface area contributed by atoms with Crippen LogP contribution in [0.3, 0.4) is 0 Å². The quantitative estimate of drug-likeness (QED) is 0.687. The van der Waals surface area contributed by atoms with Crippen LogP contribution in [-0.4, -0.2) is 35.0 Å². The van der Waals surface area contributed by atoms with Gasteiger partial charge in [-0.2, -0.15) is 4.39 Å². The van der Waals surface area contributed by atoms with Crippen molar-refractivity contribution in [3.63, 3.8) is 0 Å². The lowest BCUT2D eigenvalue weighted by atomic mass is 9.77. The molecule has 4 nitrogen and oxygen atoms in total. The maximum absolute atomic E-state index is 13.2. The lowest BCUT2D eigenvalue weighted by molar-refractivity contribution is 0.00578. The van der Waals surface area contributed by atoms with Crippen LogP contribution < -0.4 is 0 Å². The first kappa shape index (κ1) is 16.1. The number of hydrogen-bond donors (Lipinski definition) is 1. The van der Waals surface area contributed by atoms with Crippen molar-refractivity contribution >= 4 is 13.2 Å². The zero-order valence-electron chi connectivity index (χ0n) is 12.5. The molecule has 1 aliphatic rings. The molecule has 0 radical (unpaired) electrons. The number of aliphatic hydroxyl groups excluding tert-OH is 1. The Labute approximate surface area is 122 Å². The molecule has 21 heavy (non-hydrogen) atoms. The smallest absolute Gasteiger partial charge is 0.400 e. The normalized spacial score (nSPS) is 20.9. The summed E-state index contributed by atoms with van der Waals surface area (Å²) in [4.78, 5) is 3.30. The first-order chi connectivity index (χ1) is 9.66. The molecule has 0 spiro atoms. The molecule has 2 heterocycles. The molecule has 1 fully saturated rings. The average Bonchev–Trinajstić information content (AvgIpc) is 2.59. The van der Waals surface area contributed by atoms with Crippen LogP contribution in [0, 0.1) is 11.8 Å². The van der Waals surface area contributed by atoms with Gasteiger partial charge in [0.05, 0.1) is 17.8 Å². The van der Waals surface area contributed by atoms with E-state index >= 15 is 0 Å². The summed E-state index contributed by atoms with van der Waals surface area (Å²) in [6, 6.07) is 1.00. The average molecular weight is 297 g/mol. The molecular formula is C14H18BF2NO3. The number of nitrogens with zero attached hydrogens (tertiary/aromatic N) is 1. The highest BCUT2D eigenvalue weighted by molar-refractivity contribution is 6.55. The third-order valence-corrected chi connectivity index (χ3v) is 3.91. The zero-order chi connectivity index (χ0) is 15.8. The van der Waals surface area contributed by atoms with Crippen molar-refractivity contribution in [2.24, 2.45) is 0 Å². The van der Waals surface area contributed by atoms with E-state index < -0.39 is 30.1 Å².